The molecule has 1 aromatic heterocycles. The van der Waals surface area contributed by atoms with Gasteiger partial charge in [0.2, 0.25) is 5.91 Å². The molecule has 0 aromatic carbocycles. The summed E-state index contributed by atoms with van der Waals surface area (Å²) < 4.78 is 5.05. The first-order valence-electron chi connectivity index (χ1n) is 4.52. The van der Waals surface area contributed by atoms with Crippen LogP contribution < -0.4 is 0 Å². The number of nitrogens with zero attached hydrogens (tertiary/aromatic N) is 1. The minimum Gasteiger partial charge on any atom is -0.481 e. The second-order valence-corrected chi connectivity index (χ2v) is 3.33. The lowest BCUT2D eigenvalue weighted by Gasteiger charge is -2.17. The number of hydrogen-bond donors (Lipinski definition) is 1. The second-order valence-electron chi connectivity index (χ2n) is 3.33. The van der Waals surface area contributed by atoms with Crippen LogP contribution >= 0.6 is 0 Å². The van der Waals surface area contributed by atoms with Gasteiger partial charge >= 0.3 is 5.97 Å². The number of furan rings is 1. The van der Waals surface area contributed by atoms with Crippen molar-refractivity contribution in [3.8, 4) is 0 Å². The summed E-state index contributed by atoms with van der Waals surface area (Å²) in [7, 11) is 1.55. The average Bonchev–Trinajstić information content (AvgIpc) is 2.67. The van der Waals surface area contributed by atoms with E-state index < -0.39 is 17.8 Å². The molecular formula is C10H13NO4. The van der Waals surface area contributed by atoms with E-state index in [0.717, 1.165) is 0 Å². The van der Waals surface area contributed by atoms with Gasteiger partial charge in [-0.25, -0.2) is 0 Å². The summed E-state index contributed by atoms with van der Waals surface area (Å²) in [5.74, 6) is -1.95. The summed E-state index contributed by atoms with van der Waals surface area (Å²) in [6, 6.07) is 3.45. The Morgan fingerprint density at radius 3 is 2.73 bits per heavy atom. The normalized spacial score (nSPS) is 12.1. The van der Waals surface area contributed by atoms with E-state index in [1.165, 1.54) is 18.1 Å². The zero-order chi connectivity index (χ0) is 11.4. The van der Waals surface area contributed by atoms with E-state index in [0.29, 0.717) is 5.76 Å². The highest BCUT2D eigenvalue weighted by atomic mass is 16.4. The van der Waals surface area contributed by atoms with Gasteiger partial charge in [-0.3, -0.25) is 9.59 Å². The summed E-state index contributed by atoms with van der Waals surface area (Å²) in [5, 5.41) is 8.66. The van der Waals surface area contributed by atoms with Gasteiger partial charge in [0.15, 0.2) is 0 Å². The summed E-state index contributed by atoms with van der Waals surface area (Å²) in [6.45, 7) is 1.65. The van der Waals surface area contributed by atoms with Gasteiger partial charge in [-0.15, -0.1) is 0 Å². The van der Waals surface area contributed by atoms with Crippen LogP contribution in [0.4, 0.5) is 0 Å². The standard InChI is InChI=1S/C10H13NO4/c1-7(10(13)14)9(12)11(2)6-8-4-3-5-15-8/h3-5,7H,6H2,1-2H3,(H,13,14). The van der Waals surface area contributed by atoms with Crippen molar-refractivity contribution in [1.29, 1.82) is 0 Å². The predicted molar refractivity (Wildman–Crippen MR) is 52.0 cm³/mol. The van der Waals surface area contributed by atoms with E-state index in [-0.39, 0.29) is 6.54 Å². The summed E-state index contributed by atoms with van der Waals surface area (Å²) in [6.07, 6.45) is 1.51. The zero-order valence-electron chi connectivity index (χ0n) is 8.64. The van der Waals surface area contributed by atoms with Gasteiger partial charge < -0.3 is 14.4 Å². The van der Waals surface area contributed by atoms with Crippen molar-refractivity contribution < 1.29 is 19.1 Å². The molecule has 1 amide bonds. The van der Waals surface area contributed by atoms with E-state index in [9.17, 15) is 9.59 Å². The van der Waals surface area contributed by atoms with Crippen LogP contribution in [0, 0.1) is 5.92 Å². The maximum Gasteiger partial charge on any atom is 0.315 e. The molecule has 0 fully saturated rings. The summed E-state index contributed by atoms with van der Waals surface area (Å²) in [4.78, 5) is 23.4. The molecule has 1 atom stereocenters. The first-order valence-corrected chi connectivity index (χ1v) is 4.52. The van der Waals surface area contributed by atoms with E-state index in [1.54, 1.807) is 19.2 Å². The maximum absolute atomic E-state index is 11.5. The maximum atomic E-state index is 11.5. The van der Waals surface area contributed by atoms with Crippen molar-refractivity contribution in [3.63, 3.8) is 0 Å². The second kappa shape index (κ2) is 4.63. The van der Waals surface area contributed by atoms with Crippen molar-refractivity contribution in [3.05, 3.63) is 24.2 Å². The zero-order valence-corrected chi connectivity index (χ0v) is 8.64. The Balaban J connectivity index is 2.57. The third-order valence-corrected chi connectivity index (χ3v) is 2.09. The molecule has 15 heavy (non-hydrogen) atoms. The van der Waals surface area contributed by atoms with Crippen LogP contribution in [0.1, 0.15) is 12.7 Å². The van der Waals surface area contributed by atoms with Gasteiger partial charge in [0.25, 0.3) is 0 Å². The van der Waals surface area contributed by atoms with E-state index in [2.05, 4.69) is 0 Å². The first-order chi connectivity index (χ1) is 7.02. The van der Waals surface area contributed by atoms with Crippen LogP contribution in [0.15, 0.2) is 22.8 Å². The van der Waals surface area contributed by atoms with Gasteiger partial charge in [0, 0.05) is 7.05 Å². The molecule has 0 aliphatic carbocycles. The van der Waals surface area contributed by atoms with Crippen LogP contribution in [0.5, 0.6) is 0 Å². The summed E-state index contributed by atoms with van der Waals surface area (Å²) in [5.41, 5.74) is 0. The molecule has 0 radical (unpaired) electrons. The average molecular weight is 211 g/mol. The number of rotatable bonds is 4. The van der Waals surface area contributed by atoms with Crippen LogP contribution in [-0.2, 0) is 16.1 Å². The molecule has 1 unspecified atom stereocenters. The molecule has 1 aromatic rings. The molecule has 0 aliphatic heterocycles. The lowest BCUT2D eigenvalue weighted by atomic mass is 10.1. The Morgan fingerprint density at radius 1 is 1.60 bits per heavy atom. The molecule has 5 heteroatoms. The SMILES string of the molecule is CC(C(=O)O)C(=O)N(C)Cc1ccco1. The Labute approximate surface area is 87.3 Å². The van der Waals surface area contributed by atoms with Crippen molar-refractivity contribution in [2.24, 2.45) is 5.92 Å². The molecule has 1 N–H and O–H groups in total. The van der Waals surface area contributed by atoms with Crippen LogP contribution in [0.2, 0.25) is 0 Å². The van der Waals surface area contributed by atoms with E-state index >= 15 is 0 Å². The molecule has 0 saturated carbocycles. The monoisotopic (exact) mass is 211 g/mol. The number of carboxylic acid groups (broad SMARTS) is 1. The fraction of sp³-hybridized carbons (Fsp3) is 0.400. The Morgan fingerprint density at radius 2 is 2.27 bits per heavy atom. The van der Waals surface area contributed by atoms with Crippen molar-refractivity contribution >= 4 is 11.9 Å². The molecule has 0 bridgehead atoms. The number of carbonyl (C=O) groups is 2. The topological polar surface area (TPSA) is 70.8 Å². The molecule has 1 heterocycles. The lowest BCUT2D eigenvalue weighted by molar-refractivity contribution is -0.150. The fourth-order valence-electron chi connectivity index (χ4n) is 1.15. The number of carboxylic acids is 1. The highest BCUT2D eigenvalue weighted by molar-refractivity contribution is 5.96. The Hall–Kier alpha value is -1.78. The molecular weight excluding hydrogens is 198 g/mol. The third-order valence-electron chi connectivity index (χ3n) is 2.09. The first kappa shape index (κ1) is 11.3. The Kier molecular flexibility index (Phi) is 3.49. The number of amides is 1. The quantitative estimate of drug-likeness (QED) is 0.753. The van der Waals surface area contributed by atoms with Crippen LogP contribution in [0.3, 0.4) is 0 Å². The smallest absolute Gasteiger partial charge is 0.315 e. The molecule has 82 valence electrons. The third kappa shape index (κ3) is 2.83. The van der Waals surface area contributed by atoms with Crippen LogP contribution in [-0.4, -0.2) is 28.9 Å². The van der Waals surface area contributed by atoms with Gasteiger partial charge in [-0.05, 0) is 19.1 Å². The van der Waals surface area contributed by atoms with Gasteiger partial charge in [0.1, 0.15) is 11.7 Å². The molecule has 0 aliphatic rings. The minimum absolute atomic E-state index is 0.281. The largest absolute Gasteiger partial charge is 0.481 e. The van der Waals surface area contributed by atoms with E-state index in [1.807, 2.05) is 0 Å². The minimum atomic E-state index is -1.12. The Bertz CT molecular complexity index is 344. The van der Waals surface area contributed by atoms with Crippen molar-refractivity contribution in [1.82, 2.24) is 4.90 Å². The predicted octanol–water partition coefficient (Wildman–Crippen LogP) is 0.959. The fourth-order valence-corrected chi connectivity index (χ4v) is 1.15. The molecule has 0 saturated heterocycles. The van der Waals surface area contributed by atoms with Gasteiger partial charge in [-0.2, -0.15) is 0 Å². The van der Waals surface area contributed by atoms with Crippen LogP contribution in [0.25, 0.3) is 0 Å². The highest BCUT2D eigenvalue weighted by Crippen LogP contribution is 2.07. The summed E-state index contributed by atoms with van der Waals surface area (Å²) >= 11 is 0. The molecule has 5 nitrogen and oxygen atoms in total. The molecule has 0 spiro atoms. The molecule has 1 rings (SSSR count). The van der Waals surface area contributed by atoms with Crippen molar-refractivity contribution in [2.75, 3.05) is 7.05 Å². The van der Waals surface area contributed by atoms with Gasteiger partial charge in [0.05, 0.1) is 12.8 Å². The lowest BCUT2D eigenvalue weighted by Crippen LogP contribution is -2.34. The number of hydrogen-bond acceptors (Lipinski definition) is 3. The van der Waals surface area contributed by atoms with E-state index in [4.69, 9.17) is 9.52 Å². The number of carbonyl (C=O) groups excluding carboxylic acids is 1. The number of aliphatic carboxylic acids is 1. The highest BCUT2D eigenvalue weighted by Gasteiger charge is 2.24. The van der Waals surface area contributed by atoms with Crippen molar-refractivity contribution in [2.45, 2.75) is 13.5 Å². The van der Waals surface area contributed by atoms with Gasteiger partial charge in [-0.1, -0.05) is 0 Å².